The summed E-state index contributed by atoms with van der Waals surface area (Å²) in [6.45, 7) is 4.21. The molecule has 1 aromatic rings. The average molecular weight is 191 g/mol. The smallest absolute Gasteiger partial charge is 0.0852 e. The van der Waals surface area contributed by atoms with Crippen LogP contribution in [-0.4, -0.2) is 10.8 Å². The van der Waals surface area contributed by atoms with E-state index in [0.29, 0.717) is 6.04 Å². The van der Waals surface area contributed by atoms with E-state index in [1.807, 2.05) is 11.8 Å². The molecular formula is C11H13NS. The van der Waals surface area contributed by atoms with E-state index in [0.717, 1.165) is 5.75 Å². The second-order valence-corrected chi connectivity index (χ2v) is 4.60. The molecule has 0 fully saturated rings. The number of nitrogens with zero attached hydrogens (tertiary/aromatic N) is 1. The third-order valence-corrected chi connectivity index (χ3v) is 3.22. The molecule has 0 aliphatic carbocycles. The van der Waals surface area contributed by atoms with E-state index in [9.17, 15) is 0 Å². The topological polar surface area (TPSA) is 12.4 Å². The molecule has 1 aliphatic heterocycles. The standard InChI is InChI=1S/C11H13NS/c1-8-4-3-5-10(6-8)11-7-13-9(2)12-11/h3-6,11H,7H2,1-2H3. The molecule has 0 saturated carbocycles. The lowest BCUT2D eigenvalue weighted by Crippen LogP contribution is -1.94. The summed E-state index contributed by atoms with van der Waals surface area (Å²) in [5, 5.41) is 1.21. The summed E-state index contributed by atoms with van der Waals surface area (Å²) in [5.41, 5.74) is 2.67. The number of aryl methyl sites for hydroxylation is 1. The number of aliphatic imine (C=N–C) groups is 1. The molecule has 1 unspecified atom stereocenters. The number of thioether (sulfide) groups is 1. The first-order chi connectivity index (χ1) is 6.25. The Bertz CT molecular complexity index is 344. The Hall–Kier alpha value is -0.760. The van der Waals surface area contributed by atoms with Gasteiger partial charge in [0, 0.05) is 5.75 Å². The minimum atomic E-state index is 0.393. The van der Waals surface area contributed by atoms with Gasteiger partial charge >= 0.3 is 0 Å². The highest BCUT2D eigenvalue weighted by Gasteiger charge is 2.16. The van der Waals surface area contributed by atoms with Gasteiger partial charge in [0.15, 0.2) is 0 Å². The van der Waals surface area contributed by atoms with Crippen molar-refractivity contribution in [3.05, 3.63) is 35.4 Å². The molecule has 0 spiro atoms. The van der Waals surface area contributed by atoms with E-state index in [4.69, 9.17) is 0 Å². The molecule has 13 heavy (non-hydrogen) atoms. The summed E-state index contributed by atoms with van der Waals surface area (Å²) in [6, 6.07) is 9.03. The molecule has 1 aromatic carbocycles. The highest BCUT2D eigenvalue weighted by atomic mass is 32.2. The van der Waals surface area contributed by atoms with Crippen molar-refractivity contribution >= 4 is 16.8 Å². The van der Waals surface area contributed by atoms with Crippen molar-refractivity contribution in [2.24, 2.45) is 4.99 Å². The number of hydrogen-bond acceptors (Lipinski definition) is 2. The lowest BCUT2D eigenvalue weighted by molar-refractivity contribution is 0.847. The van der Waals surface area contributed by atoms with Crippen LogP contribution in [0.5, 0.6) is 0 Å². The van der Waals surface area contributed by atoms with Crippen molar-refractivity contribution in [3.8, 4) is 0 Å². The summed E-state index contributed by atoms with van der Waals surface area (Å²) < 4.78 is 0. The van der Waals surface area contributed by atoms with Crippen LogP contribution in [0, 0.1) is 6.92 Å². The van der Waals surface area contributed by atoms with Crippen molar-refractivity contribution in [3.63, 3.8) is 0 Å². The van der Waals surface area contributed by atoms with E-state index in [-0.39, 0.29) is 0 Å². The van der Waals surface area contributed by atoms with E-state index in [1.165, 1.54) is 16.2 Å². The third-order valence-electron chi connectivity index (χ3n) is 2.21. The maximum atomic E-state index is 4.58. The maximum Gasteiger partial charge on any atom is 0.0852 e. The van der Waals surface area contributed by atoms with Crippen LogP contribution in [0.3, 0.4) is 0 Å². The van der Waals surface area contributed by atoms with Crippen molar-refractivity contribution < 1.29 is 0 Å². The first-order valence-electron chi connectivity index (χ1n) is 4.49. The van der Waals surface area contributed by atoms with Gasteiger partial charge in [-0.2, -0.15) is 0 Å². The average Bonchev–Trinajstić information content (AvgIpc) is 2.52. The monoisotopic (exact) mass is 191 g/mol. The first-order valence-corrected chi connectivity index (χ1v) is 5.48. The number of benzene rings is 1. The molecule has 0 saturated heterocycles. The molecule has 1 heterocycles. The van der Waals surface area contributed by atoms with Crippen LogP contribution < -0.4 is 0 Å². The van der Waals surface area contributed by atoms with Gasteiger partial charge in [0.1, 0.15) is 0 Å². The summed E-state index contributed by atoms with van der Waals surface area (Å²) >= 11 is 1.86. The SMILES string of the molecule is CC1=NC(c2cccc(C)c2)CS1. The summed E-state index contributed by atoms with van der Waals surface area (Å²) in [5.74, 6) is 1.11. The fraction of sp³-hybridized carbons (Fsp3) is 0.364. The van der Waals surface area contributed by atoms with Crippen LogP contribution in [0.15, 0.2) is 29.3 Å². The maximum absolute atomic E-state index is 4.58. The molecule has 1 nitrogen and oxygen atoms in total. The molecule has 0 aromatic heterocycles. The zero-order valence-corrected chi connectivity index (χ0v) is 8.77. The van der Waals surface area contributed by atoms with Gasteiger partial charge in [0.2, 0.25) is 0 Å². The quantitative estimate of drug-likeness (QED) is 0.664. The molecule has 1 aliphatic rings. The zero-order valence-electron chi connectivity index (χ0n) is 7.95. The largest absolute Gasteiger partial charge is 0.274 e. The molecule has 0 N–H and O–H groups in total. The molecule has 2 heteroatoms. The summed E-state index contributed by atoms with van der Waals surface area (Å²) in [6.07, 6.45) is 0. The van der Waals surface area contributed by atoms with Crippen LogP contribution in [0.2, 0.25) is 0 Å². The second kappa shape index (κ2) is 3.54. The second-order valence-electron chi connectivity index (χ2n) is 3.39. The van der Waals surface area contributed by atoms with Gasteiger partial charge in [-0.05, 0) is 19.4 Å². The molecule has 68 valence electrons. The highest BCUT2D eigenvalue weighted by molar-refractivity contribution is 8.14. The molecule has 0 amide bonds. The molecule has 1 atom stereocenters. The van der Waals surface area contributed by atoms with Crippen LogP contribution in [0.25, 0.3) is 0 Å². The Kier molecular flexibility index (Phi) is 2.40. The molecular weight excluding hydrogens is 178 g/mol. The van der Waals surface area contributed by atoms with E-state index in [2.05, 4.69) is 43.1 Å². The van der Waals surface area contributed by atoms with Gasteiger partial charge < -0.3 is 0 Å². The Morgan fingerprint density at radius 3 is 2.85 bits per heavy atom. The first kappa shape index (κ1) is 8.82. The van der Waals surface area contributed by atoms with Crippen LogP contribution in [-0.2, 0) is 0 Å². The minimum Gasteiger partial charge on any atom is -0.274 e. The molecule has 2 rings (SSSR count). The lowest BCUT2D eigenvalue weighted by atomic mass is 10.1. The van der Waals surface area contributed by atoms with Gasteiger partial charge in [-0.25, -0.2) is 0 Å². The van der Waals surface area contributed by atoms with E-state index < -0.39 is 0 Å². The lowest BCUT2D eigenvalue weighted by Gasteiger charge is -2.06. The predicted octanol–water partition coefficient (Wildman–Crippen LogP) is 3.20. The Labute approximate surface area is 83.3 Å². The van der Waals surface area contributed by atoms with Crippen molar-refractivity contribution in [2.75, 3.05) is 5.75 Å². The van der Waals surface area contributed by atoms with Gasteiger partial charge in [0.05, 0.1) is 11.1 Å². The van der Waals surface area contributed by atoms with Crippen LogP contribution in [0.4, 0.5) is 0 Å². The minimum absolute atomic E-state index is 0.393. The van der Waals surface area contributed by atoms with Gasteiger partial charge in [0.25, 0.3) is 0 Å². The number of hydrogen-bond donors (Lipinski definition) is 0. The fourth-order valence-electron chi connectivity index (χ4n) is 1.54. The highest BCUT2D eigenvalue weighted by Crippen LogP contribution is 2.30. The van der Waals surface area contributed by atoms with E-state index in [1.54, 1.807) is 0 Å². The van der Waals surface area contributed by atoms with Crippen molar-refractivity contribution in [1.29, 1.82) is 0 Å². The number of rotatable bonds is 1. The van der Waals surface area contributed by atoms with Crippen LogP contribution in [0.1, 0.15) is 24.1 Å². The zero-order chi connectivity index (χ0) is 9.26. The van der Waals surface area contributed by atoms with Crippen molar-refractivity contribution in [2.45, 2.75) is 19.9 Å². The Morgan fingerprint density at radius 2 is 2.23 bits per heavy atom. The van der Waals surface area contributed by atoms with E-state index >= 15 is 0 Å². The molecule has 0 bridgehead atoms. The van der Waals surface area contributed by atoms with Crippen molar-refractivity contribution in [1.82, 2.24) is 0 Å². The predicted molar refractivity (Wildman–Crippen MR) is 59.5 cm³/mol. The Balaban J connectivity index is 2.26. The van der Waals surface area contributed by atoms with Gasteiger partial charge in [-0.15, -0.1) is 11.8 Å². The molecule has 0 radical (unpaired) electrons. The normalized spacial score (nSPS) is 21.7. The summed E-state index contributed by atoms with van der Waals surface area (Å²) in [4.78, 5) is 4.58. The van der Waals surface area contributed by atoms with Gasteiger partial charge in [-0.1, -0.05) is 29.8 Å². The fourth-order valence-corrected chi connectivity index (χ4v) is 2.41. The van der Waals surface area contributed by atoms with Crippen LogP contribution >= 0.6 is 11.8 Å². The van der Waals surface area contributed by atoms with Gasteiger partial charge in [-0.3, -0.25) is 4.99 Å². The summed E-state index contributed by atoms with van der Waals surface area (Å²) in [7, 11) is 0. The Morgan fingerprint density at radius 1 is 1.38 bits per heavy atom. The third kappa shape index (κ3) is 1.94.